The Kier molecular flexibility index (Phi) is 6.21. The van der Waals surface area contributed by atoms with Crippen LogP contribution < -0.4 is 10.6 Å². The van der Waals surface area contributed by atoms with Gasteiger partial charge in [-0.15, -0.1) is 0 Å². The van der Waals surface area contributed by atoms with Gasteiger partial charge in [0.15, 0.2) is 0 Å². The maximum atomic E-state index is 13.7. The molecule has 0 fully saturated rings. The topological polar surface area (TPSA) is 86.9 Å². The van der Waals surface area contributed by atoms with Gasteiger partial charge >= 0.3 is 0 Å². The average Bonchev–Trinajstić information content (AvgIpc) is 3.09. The molecule has 0 bridgehead atoms. The molecular formula is C21H22F2N4O2. The van der Waals surface area contributed by atoms with Crippen molar-refractivity contribution in [2.45, 2.75) is 26.3 Å². The Hall–Kier alpha value is -3.29. The van der Waals surface area contributed by atoms with Crippen molar-refractivity contribution in [1.82, 2.24) is 20.6 Å². The fourth-order valence-corrected chi connectivity index (χ4v) is 3.02. The summed E-state index contributed by atoms with van der Waals surface area (Å²) in [6, 6.07) is 9.83. The largest absolute Gasteiger partial charge is 0.345 e. The third kappa shape index (κ3) is 5.16. The van der Waals surface area contributed by atoms with E-state index in [1.165, 1.54) is 0 Å². The Balaban J connectivity index is 1.66. The van der Waals surface area contributed by atoms with Crippen LogP contribution in [0.4, 0.5) is 8.78 Å². The number of carbonyl (C=O) groups excluding carboxylic acids is 2. The zero-order valence-corrected chi connectivity index (χ0v) is 16.1. The molecule has 6 nitrogen and oxygen atoms in total. The van der Waals surface area contributed by atoms with Crippen LogP contribution in [0.5, 0.6) is 0 Å². The molecule has 0 spiro atoms. The molecule has 0 aliphatic heterocycles. The lowest BCUT2D eigenvalue weighted by molar-refractivity contribution is -0.121. The second-order valence-electron chi connectivity index (χ2n) is 7.20. The lowest BCUT2D eigenvalue weighted by atomic mass is 10.0. The Bertz CT molecular complexity index is 999. The third-order valence-corrected chi connectivity index (χ3v) is 4.37. The van der Waals surface area contributed by atoms with Crippen LogP contribution in [0, 0.1) is 17.6 Å². The number of imidazole rings is 1. The van der Waals surface area contributed by atoms with Crippen LogP contribution >= 0.6 is 0 Å². The highest BCUT2D eigenvalue weighted by Gasteiger charge is 2.20. The quantitative estimate of drug-likeness (QED) is 0.568. The van der Waals surface area contributed by atoms with E-state index in [2.05, 4.69) is 20.6 Å². The first-order chi connectivity index (χ1) is 13.8. The highest BCUT2D eigenvalue weighted by Crippen LogP contribution is 2.21. The zero-order chi connectivity index (χ0) is 21.0. The fraction of sp³-hybridized carbons (Fsp3) is 0.286. The minimum absolute atomic E-state index is 0.288. The second-order valence-corrected chi connectivity index (χ2v) is 7.20. The van der Waals surface area contributed by atoms with Crippen molar-refractivity contribution in [2.24, 2.45) is 5.92 Å². The van der Waals surface area contributed by atoms with Gasteiger partial charge in [0.25, 0.3) is 5.91 Å². The molecular weight excluding hydrogens is 378 g/mol. The van der Waals surface area contributed by atoms with Gasteiger partial charge in [-0.1, -0.05) is 26.0 Å². The maximum absolute atomic E-state index is 13.7. The van der Waals surface area contributed by atoms with Gasteiger partial charge in [-0.3, -0.25) is 9.59 Å². The number of nitrogens with one attached hydrogen (secondary N) is 3. The van der Waals surface area contributed by atoms with Crippen molar-refractivity contribution in [1.29, 1.82) is 0 Å². The Morgan fingerprint density at radius 3 is 2.59 bits per heavy atom. The standard InChI is InChI=1S/C21H22F2N4O2/c1-12(2)9-18(20-26-16-5-3-4-6-17(16)27-20)25-19(28)11-24-21(29)14-8-7-13(22)10-15(14)23/h3-8,10,12,18H,9,11H2,1-2H3,(H,24,29)(H,25,28)(H,26,27). The molecule has 1 atom stereocenters. The first kappa shape index (κ1) is 20.4. The SMILES string of the molecule is CC(C)CC(NC(=O)CNC(=O)c1ccc(F)cc1F)c1nc2ccccc2[nH]1. The summed E-state index contributed by atoms with van der Waals surface area (Å²) in [5.41, 5.74) is 1.34. The van der Waals surface area contributed by atoms with Crippen molar-refractivity contribution in [2.75, 3.05) is 6.54 Å². The van der Waals surface area contributed by atoms with Gasteiger partial charge < -0.3 is 15.6 Å². The van der Waals surface area contributed by atoms with Crippen LogP contribution in [0.15, 0.2) is 42.5 Å². The van der Waals surface area contributed by atoms with Crippen LogP contribution in [0.1, 0.15) is 42.5 Å². The fourth-order valence-electron chi connectivity index (χ4n) is 3.02. The van der Waals surface area contributed by atoms with E-state index in [0.29, 0.717) is 18.3 Å². The molecule has 2 amide bonds. The maximum Gasteiger partial charge on any atom is 0.254 e. The predicted octanol–water partition coefficient (Wildman–Crippen LogP) is 3.47. The number of rotatable bonds is 7. The number of nitrogens with zero attached hydrogens (tertiary/aromatic N) is 1. The predicted molar refractivity (Wildman–Crippen MR) is 105 cm³/mol. The minimum Gasteiger partial charge on any atom is -0.345 e. The molecule has 2 aromatic carbocycles. The summed E-state index contributed by atoms with van der Waals surface area (Å²) >= 11 is 0. The first-order valence-electron chi connectivity index (χ1n) is 9.30. The van der Waals surface area contributed by atoms with Crippen LogP contribution in [-0.2, 0) is 4.79 Å². The van der Waals surface area contributed by atoms with E-state index in [4.69, 9.17) is 0 Å². The van der Waals surface area contributed by atoms with Gasteiger partial charge in [-0.05, 0) is 36.6 Å². The Morgan fingerprint density at radius 1 is 1.14 bits per heavy atom. The van der Waals surface area contributed by atoms with Crippen molar-refractivity contribution < 1.29 is 18.4 Å². The molecule has 0 radical (unpaired) electrons. The lowest BCUT2D eigenvalue weighted by Crippen LogP contribution is -2.39. The number of halogens is 2. The minimum atomic E-state index is -0.983. The van der Waals surface area contributed by atoms with Crippen LogP contribution in [0.2, 0.25) is 0 Å². The molecule has 0 aliphatic rings. The summed E-state index contributed by atoms with van der Waals surface area (Å²) in [6.45, 7) is 3.71. The third-order valence-electron chi connectivity index (χ3n) is 4.37. The molecule has 152 valence electrons. The van der Waals surface area contributed by atoms with Crippen LogP contribution in [0.3, 0.4) is 0 Å². The number of hydrogen-bond acceptors (Lipinski definition) is 3. The molecule has 0 saturated carbocycles. The molecule has 3 rings (SSSR count). The zero-order valence-electron chi connectivity index (χ0n) is 16.1. The second kappa shape index (κ2) is 8.81. The van der Waals surface area contributed by atoms with Crippen molar-refractivity contribution in [3.05, 3.63) is 65.5 Å². The number of para-hydroxylation sites is 2. The molecule has 3 aromatic rings. The number of benzene rings is 2. The summed E-state index contributed by atoms with van der Waals surface area (Å²) < 4.78 is 26.7. The molecule has 0 aliphatic carbocycles. The molecule has 3 N–H and O–H groups in total. The van der Waals surface area contributed by atoms with Crippen LogP contribution in [0.25, 0.3) is 11.0 Å². The van der Waals surface area contributed by atoms with Gasteiger partial charge in [0, 0.05) is 6.07 Å². The van der Waals surface area contributed by atoms with E-state index in [-0.39, 0.29) is 24.1 Å². The monoisotopic (exact) mass is 400 g/mol. The number of aromatic amines is 1. The lowest BCUT2D eigenvalue weighted by Gasteiger charge is -2.19. The number of amides is 2. The number of aromatic nitrogens is 2. The normalized spacial score (nSPS) is 12.2. The first-order valence-corrected chi connectivity index (χ1v) is 9.30. The smallest absolute Gasteiger partial charge is 0.254 e. The van der Waals surface area contributed by atoms with Gasteiger partial charge in [0.05, 0.1) is 29.2 Å². The van der Waals surface area contributed by atoms with E-state index >= 15 is 0 Å². The van der Waals surface area contributed by atoms with Crippen molar-refractivity contribution >= 4 is 22.8 Å². The van der Waals surface area contributed by atoms with E-state index < -0.39 is 23.4 Å². The summed E-state index contributed by atoms with van der Waals surface area (Å²) in [4.78, 5) is 32.2. The highest BCUT2D eigenvalue weighted by molar-refractivity contribution is 5.96. The van der Waals surface area contributed by atoms with Gasteiger partial charge in [-0.2, -0.15) is 0 Å². The molecule has 0 saturated heterocycles. The summed E-state index contributed by atoms with van der Waals surface area (Å²) in [5.74, 6) is -2.07. The van der Waals surface area contributed by atoms with Crippen molar-refractivity contribution in [3.63, 3.8) is 0 Å². The number of hydrogen-bond donors (Lipinski definition) is 3. The molecule has 8 heteroatoms. The summed E-state index contributed by atoms with van der Waals surface area (Å²) in [6.07, 6.45) is 0.645. The molecule has 1 heterocycles. The Morgan fingerprint density at radius 2 is 1.90 bits per heavy atom. The molecule has 29 heavy (non-hydrogen) atoms. The van der Waals surface area contributed by atoms with Crippen LogP contribution in [-0.4, -0.2) is 28.3 Å². The van der Waals surface area contributed by atoms with Crippen molar-refractivity contribution in [3.8, 4) is 0 Å². The summed E-state index contributed by atoms with van der Waals surface area (Å²) in [5, 5.41) is 5.21. The number of carbonyl (C=O) groups is 2. The Labute approximate surface area is 166 Å². The summed E-state index contributed by atoms with van der Waals surface area (Å²) in [7, 11) is 0. The van der Waals surface area contributed by atoms with E-state index in [0.717, 1.165) is 23.2 Å². The van der Waals surface area contributed by atoms with E-state index in [1.54, 1.807) is 0 Å². The molecule has 1 unspecified atom stereocenters. The van der Waals surface area contributed by atoms with Gasteiger partial charge in [-0.25, -0.2) is 13.8 Å². The van der Waals surface area contributed by atoms with E-state index in [1.807, 2.05) is 38.1 Å². The number of H-pyrrole nitrogens is 1. The van der Waals surface area contributed by atoms with Gasteiger partial charge in [0.1, 0.15) is 17.5 Å². The highest BCUT2D eigenvalue weighted by atomic mass is 19.1. The number of fused-ring (bicyclic) bond motifs is 1. The van der Waals surface area contributed by atoms with Gasteiger partial charge in [0.2, 0.25) is 5.91 Å². The average molecular weight is 400 g/mol. The molecule has 1 aromatic heterocycles. The van der Waals surface area contributed by atoms with E-state index in [9.17, 15) is 18.4 Å².